The maximum atomic E-state index is 12.3. The predicted octanol–water partition coefficient (Wildman–Crippen LogP) is 3.12. The van der Waals surface area contributed by atoms with E-state index in [-0.39, 0.29) is 5.91 Å². The van der Waals surface area contributed by atoms with Crippen LogP contribution in [0, 0.1) is 5.92 Å². The third-order valence-corrected chi connectivity index (χ3v) is 4.66. The van der Waals surface area contributed by atoms with Gasteiger partial charge < -0.3 is 10.4 Å². The number of nitrogens with zero attached hydrogens (tertiary/aromatic N) is 1. The molecule has 22 heavy (non-hydrogen) atoms. The van der Waals surface area contributed by atoms with E-state index in [9.17, 15) is 9.59 Å². The number of carboxylic acid groups (broad SMARTS) is 1. The van der Waals surface area contributed by atoms with Crippen LogP contribution in [-0.2, 0) is 9.59 Å². The zero-order valence-electron chi connectivity index (χ0n) is 12.2. The van der Waals surface area contributed by atoms with Gasteiger partial charge in [-0.1, -0.05) is 23.2 Å². The van der Waals surface area contributed by atoms with Gasteiger partial charge in [-0.15, -0.1) is 0 Å². The molecule has 2 N–H and O–H groups in total. The SMILES string of the molecule is CC(C(=O)Nc1ccc(Cl)c(Cl)c1)N1CCCC(C(=O)O)C1. The number of anilines is 1. The van der Waals surface area contributed by atoms with Gasteiger partial charge in [0.1, 0.15) is 0 Å². The first-order valence-electron chi connectivity index (χ1n) is 7.11. The third kappa shape index (κ3) is 4.12. The van der Waals surface area contributed by atoms with Crippen molar-refractivity contribution in [1.82, 2.24) is 4.90 Å². The van der Waals surface area contributed by atoms with Gasteiger partial charge in [0.05, 0.1) is 22.0 Å². The number of halogens is 2. The molecule has 0 bridgehead atoms. The van der Waals surface area contributed by atoms with E-state index in [2.05, 4.69) is 5.32 Å². The topological polar surface area (TPSA) is 69.6 Å². The van der Waals surface area contributed by atoms with Crippen LogP contribution in [0.1, 0.15) is 19.8 Å². The molecule has 0 aliphatic carbocycles. The molecule has 5 nitrogen and oxygen atoms in total. The van der Waals surface area contributed by atoms with Gasteiger partial charge in [0, 0.05) is 12.2 Å². The van der Waals surface area contributed by atoms with E-state index in [1.165, 1.54) is 0 Å². The van der Waals surface area contributed by atoms with Crippen molar-refractivity contribution in [3.63, 3.8) is 0 Å². The molecule has 1 aromatic carbocycles. The smallest absolute Gasteiger partial charge is 0.307 e. The van der Waals surface area contributed by atoms with E-state index in [1.807, 2.05) is 4.90 Å². The van der Waals surface area contributed by atoms with Crippen LogP contribution in [0.15, 0.2) is 18.2 Å². The highest BCUT2D eigenvalue weighted by Crippen LogP contribution is 2.25. The molecule has 1 aliphatic rings. The van der Waals surface area contributed by atoms with Gasteiger partial charge in [0.15, 0.2) is 0 Å². The Labute approximate surface area is 139 Å². The molecular formula is C15H18Cl2N2O3. The summed E-state index contributed by atoms with van der Waals surface area (Å²) in [6.45, 7) is 2.89. The van der Waals surface area contributed by atoms with Gasteiger partial charge in [-0.2, -0.15) is 0 Å². The van der Waals surface area contributed by atoms with Crippen LogP contribution in [0.2, 0.25) is 10.0 Å². The number of carbonyl (C=O) groups is 2. The number of likely N-dealkylation sites (tertiary alicyclic amines) is 1. The summed E-state index contributed by atoms with van der Waals surface area (Å²) in [5.41, 5.74) is 0.568. The van der Waals surface area contributed by atoms with Crippen LogP contribution in [0.25, 0.3) is 0 Å². The number of aliphatic carboxylic acids is 1. The first-order valence-corrected chi connectivity index (χ1v) is 7.87. The van der Waals surface area contributed by atoms with E-state index in [0.29, 0.717) is 28.7 Å². The Hall–Kier alpha value is -1.30. The summed E-state index contributed by atoms with van der Waals surface area (Å²) in [7, 11) is 0. The highest BCUT2D eigenvalue weighted by molar-refractivity contribution is 6.42. The summed E-state index contributed by atoms with van der Waals surface area (Å²) >= 11 is 11.8. The van der Waals surface area contributed by atoms with Gasteiger partial charge in [-0.25, -0.2) is 0 Å². The number of hydrogen-bond donors (Lipinski definition) is 2. The molecule has 0 aromatic heterocycles. The fourth-order valence-electron chi connectivity index (χ4n) is 2.55. The second-order valence-electron chi connectivity index (χ2n) is 5.47. The minimum Gasteiger partial charge on any atom is -0.481 e. The van der Waals surface area contributed by atoms with E-state index >= 15 is 0 Å². The summed E-state index contributed by atoms with van der Waals surface area (Å²) < 4.78 is 0. The quantitative estimate of drug-likeness (QED) is 0.880. The molecule has 1 heterocycles. The molecule has 1 saturated heterocycles. The number of hydrogen-bond acceptors (Lipinski definition) is 3. The first kappa shape index (κ1) is 17.1. The molecular weight excluding hydrogens is 327 g/mol. The first-order chi connectivity index (χ1) is 10.4. The molecule has 120 valence electrons. The number of nitrogens with one attached hydrogen (secondary N) is 1. The average molecular weight is 345 g/mol. The number of amides is 1. The van der Waals surface area contributed by atoms with Gasteiger partial charge >= 0.3 is 5.97 Å². The van der Waals surface area contributed by atoms with Crippen molar-refractivity contribution in [2.45, 2.75) is 25.8 Å². The predicted molar refractivity (Wildman–Crippen MR) is 86.5 cm³/mol. The second kappa shape index (κ2) is 7.31. The number of rotatable bonds is 4. The largest absolute Gasteiger partial charge is 0.481 e. The number of carboxylic acids is 1. The van der Waals surface area contributed by atoms with Crippen molar-refractivity contribution in [3.8, 4) is 0 Å². The van der Waals surface area contributed by atoms with Crippen LogP contribution >= 0.6 is 23.2 Å². The molecule has 1 aromatic rings. The lowest BCUT2D eigenvalue weighted by molar-refractivity contribution is -0.144. The lowest BCUT2D eigenvalue weighted by atomic mass is 9.97. The molecule has 0 radical (unpaired) electrons. The summed E-state index contributed by atoms with van der Waals surface area (Å²) in [6, 6.07) is 4.47. The Morgan fingerprint density at radius 2 is 2.09 bits per heavy atom. The molecule has 2 atom stereocenters. The lowest BCUT2D eigenvalue weighted by Gasteiger charge is -2.34. The van der Waals surface area contributed by atoms with Gasteiger partial charge in [-0.3, -0.25) is 14.5 Å². The average Bonchev–Trinajstić information content (AvgIpc) is 2.50. The van der Waals surface area contributed by atoms with Crippen molar-refractivity contribution >= 4 is 40.8 Å². The highest BCUT2D eigenvalue weighted by Gasteiger charge is 2.30. The summed E-state index contributed by atoms with van der Waals surface area (Å²) in [4.78, 5) is 25.3. The summed E-state index contributed by atoms with van der Waals surface area (Å²) in [5.74, 6) is -1.40. The molecule has 2 unspecified atom stereocenters. The summed E-state index contributed by atoms with van der Waals surface area (Å²) in [6.07, 6.45) is 1.44. The van der Waals surface area contributed by atoms with Crippen LogP contribution in [0.4, 0.5) is 5.69 Å². The highest BCUT2D eigenvalue weighted by atomic mass is 35.5. The standard InChI is InChI=1S/C15H18Cl2N2O3/c1-9(19-6-2-3-10(8-19)15(21)22)14(20)18-11-4-5-12(16)13(17)7-11/h4-5,7,9-10H,2-3,6,8H2,1H3,(H,18,20)(H,21,22). The molecule has 1 aliphatic heterocycles. The van der Waals surface area contributed by atoms with Crippen molar-refractivity contribution < 1.29 is 14.7 Å². The minimum atomic E-state index is -0.804. The normalized spacial score (nSPS) is 20.4. The lowest BCUT2D eigenvalue weighted by Crippen LogP contribution is -2.48. The van der Waals surface area contributed by atoms with Crippen LogP contribution in [0.5, 0.6) is 0 Å². The Bertz CT molecular complexity index is 580. The van der Waals surface area contributed by atoms with Crippen LogP contribution in [-0.4, -0.2) is 41.0 Å². The van der Waals surface area contributed by atoms with Gasteiger partial charge in [0.2, 0.25) is 5.91 Å². The number of piperidine rings is 1. The van der Waals surface area contributed by atoms with Crippen molar-refractivity contribution in [3.05, 3.63) is 28.2 Å². The van der Waals surface area contributed by atoms with E-state index in [4.69, 9.17) is 28.3 Å². The van der Waals surface area contributed by atoms with E-state index in [0.717, 1.165) is 13.0 Å². The molecule has 7 heteroatoms. The minimum absolute atomic E-state index is 0.190. The van der Waals surface area contributed by atoms with Crippen LogP contribution in [0.3, 0.4) is 0 Å². The molecule has 1 amide bonds. The van der Waals surface area contributed by atoms with Crippen molar-refractivity contribution in [1.29, 1.82) is 0 Å². The zero-order valence-corrected chi connectivity index (χ0v) is 13.7. The molecule has 2 rings (SSSR count). The maximum Gasteiger partial charge on any atom is 0.307 e. The van der Waals surface area contributed by atoms with Crippen LogP contribution < -0.4 is 5.32 Å². The number of carbonyl (C=O) groups excluding carboxylic acids is 1. The van der Waals surface area contributed by atoms with Crippen molar-refractivity contribution in [2.24, 2.45) is 5.92 Å². The molecule has 0 saturated carbocycles. The third-order valence-electron chi connectivity index (χ3n) is 3.92. The number of benzene rings is 1. The second-order valence-corrected chi connectivity index (χ2v) is 6.28. The van der Waals surface area contributed by atoms with Gasteiger partial charge in [0.25, 0.3) is 0 Å². The fourth-order valence-corrected chi connectivity index (χ4v) is 2.84. The molecule has 1 fully saturated rings. The Kier molecular flexibility index (Phi) is 5.67. The Morgan fingerprint density at radius 1 is 1.36 bits per heavy atom. The monoisotopic (exact) mass is 344 g/mol. The molecule has 0 spiro atoms. The Balaban J connectivity index is 1.99. The van der Waals surface area contributed by atoms with E-state index < -0.39 is 17.9 Å². The maximum absolute atomic E-state index is 12.3. The van der Waals surface area contributed by atoms with E-state index in [1.54, 1.807) is 25.1 Å². The zero-order chi connectivity index (χ0) is 16.3. The van der Waals surface area contributed by atoms with Gasteiger partial charge in [-0.05, 0) is 44.5 Å². The fraction of sp³-hybridized carbons (Fsp3) is 0.467. The summed E-state index contributed by atoms with van der Waals surface area (Å²) in [5, 5.41) is 12.7. The van der Waals surface area contributed by atoms with Crippen molar-refractivity contribution in [2.75, 3.05) is 18.4 Å². The Morgan fingerprint density at radius 3 is 2.73 bits per heavy atom.